The molecule has 1 N–H and O–H groups in total. The lowest BCUT2D eigenvalue weighted by Crippen LogP contribution is -2.28. The van der Waals surface area contributed by atoms with Gasteiger partial charge in [-0.15, -0.1) is 0 Å². The third kappa shape index (κ3) is 3.74. The van der Waals surface area contributed by atoms with Gasteiger partial charge in [0.25, 0.3) is 5.69 Å². The molecular formula is C23H18N4O4S. The van der Waals surface area contributed by atoms with E-state index in [2.05, 4.69) is 10.3 Å². The van der Waals surface area contributed by atoms with Crippen molar-refractivity contribution < 1.29 is 13.8 Å². The van der Waals surface area contributed by atoms with Crippen LogP contribution in [-0.4, -0.2) is 19.9 Å². The predicted molar refractivity (Wildman–Crippen MR) is 121 cm³/mol. The minimum atomic E-state index is -0.424. The topological polar surface area (TPSA) is 97.6 Å². The molecule has 8 nitrogen and oxygen atoms in total. The van der Waals surface area contributed by atoms with Gasteiger partial charge in [-0.1, -0.05) is 6.07 Å². The van der Waals surface area contributed by atoms with Crippen LogP contribution < -0.4 is 5.32 Å². The SMILES string of the molecule is O=[N+]([O-])c1ccc(-c2ccc([C@H]3[C@H](c4ccccn4)NC(=S)N3Cc3ccco3)o2)cc1. The largest absolute Gasteiger partial charge is 0.467 e. The molecule has 1 aromatic carbocycles. The lowest BCUT2D eigenvalue weighted by atomic mass is 10.0. The Morgan fingerprint density at radius 3 is 2.62 bits per heavy atom. The number of rotatable bonds is 6. The molecule has 1 saturated heterocycles. The lowest BCUT2D eigenvalue weighted by molar-refractivity contribution is -0.384. The molecule has 1 aliphatic rings. The second-order valence-electron chi connectivity index (χ2n) is 7.34. The highest BCUT2D eigenvalue weighted by atomic mass is 32.1. The normalized spacial score (nSPS) is 18.0. The van der Waals surface area contributed by atoms with Crippen molar-refractivity contribution in [3.63, 3.8) is 0 Å². The molecule has 0 spiro atoms. The van der Waals surface area contributed by atoms with Crippen LogP contribution in [0.2, 0.25) is 0 Å². The van der Waals surface area contributed by atoms with Gasteiger partial charge in [-0.05, 0) is 60.7 Å². The summed E-state index contributed by atoms with van der Waals surface area (Å²) in [5, 5.41) is 14.9. The van der Waals surface area contributed by atoms with E-state index in [1.807, 2.05) is 47.4 Å². The summed E-state index contributed by atoms with van der Waals surface area (Å²) >= 11 is 5.65. The van der Waals surface area contributed by atoms with E-state index in [9.17, 15) is 10.1 Å². The van der Waals surface area contributed by atoms with E-state index < -0.39 is 4.92 Å². The van der Waals surface area contributed by atoms with Crippen LogP contribution in [0.5, 0.6) is 0 Å². The summed E-state index contributed by atoms with van der Waals surface area (Å²) in [7, 11) is 0. The quantitative estimate of drug-likeness (QED) is 0.251. The fourth-order valence-electron chi connectivity index (χ4n) is 3.87. The number of benzene rings is 1. The molecule has 5 rings (SSSR count). The van der Waals surface area contributed by atoms with Gasteiger partial charge in [-0.2, -0.15) is 0 Å². The highest BCUT2D eigenvalue weighted by Gasteiger charge is 2.42. The number of aromatic nitrogens is 1. The lowest BCUT2D eigenvalue weighted by Gasteiger charge is -2.25. The number of nitrogens with one attached hydrogen (secondary N) is 1. The van der Waals surface area contributed by atoms with Gasteiger partial charge in [0.15, 0.2) is 5.11 Å². The van der Waals surface area contributed by atoms with Crippen LogP contribution in [0.25, 0.3) is 11.3 Å². The zero-order valence-electron chi connectivity index (χ0n) is 16.8. The van der Waals surface area contributed by atoms with E-state index in [0.717, 1.165) is 17.0 Å². The molecule has 3 aromatic heterocycles. The van der Waals surface area contributed by atoms with Crippen molar-refractivity contribution >= 4 is 23.0 Å². The summed E-state index contributed by atoms with van der Waals surface area (Å²) in [5.41, 5.74) is 1.63. The molecule has 0 amide bonds. The molecule has 0 bridgehead atoms. The Labute approximate surface area is 188 Å². The van der Waals surface area contributed by atoms with E-state index >= 15 is 0 Å². The number of thiocarbonyl (C=S) groups is 1. The molecule has 0 saturated carbocycles. The van der Waals surface area contributed by atoms with Crippen LogP contribution >= 0.6 is 12.2 Å². The Kier molecular flexibility index (Phi) is 5.16. The number of hydrogen-bond donors (Lipinski definition) is 1. The highest BCUT2D eigenvalue weighted by molar-refractivity contribution is 7.80. The van der Waals surface area contributed by atoms with Crippen molar-refractivity contribution in [2.24, 2.45) is 0 Å². The van der Waals surface area contributed by atoms with Gasteiger partial charge in [-0.3, -0.25) is 15.1 Å². The average molecular weight is 446 g/mol. The smallest absolute Gasteiger partial charge is 0.269 e. The monoisotopic (exact) mass is 446 g/mol. The van der Waals surface area contributed by atoms with Crippen LogP contribution in [0.1, 0.15) is 29.3 Å². The average Bonchev–Trinajstić information content (AvgIpc) is 3.56. The summed E-state index contributed by atoms with van der Waals surface area (Å²) in [6.07, 6.45) is 3.38. The predicted octanol–water partition coefficient (Wildman–Crippen LogP) is 5.02. The van der Waals surface area contributed by atoms with Crippen LogP contribution in [0.4, 0.5) is 5.69 Å². The molecule has 0 unspecified atom stereocenters. The van der Waals surface area contributed by atoms with Gasteiger partial charge in [0.05, 0.1) is 29.5 Å². The molecule has 4 aromatic rings. The maximum absolute atomic E-state index is 10.9. The van der Waals surface area contributed by atoms with E-state index in [-0.39, 0.29) is 17.8 Å². The number of pyridine rings is 1. The van der Waals surface area contributed by atoms with Gasteiger partial charge in [0.2, 0.25) is 0 Å². The fraction of sp³-hybridized carbons (Fsp3) is 0.130. The Morgan fingerprint density at radius 2 is 1.94 bits per heavy atom. The van der Waals surface area contributed by atoms with Gasteiger partial charge in [0, 0.05) is 23.9 Å². The van der Waals surface area contributed by atoms with E-state index in [1.165, 1.54) is 12.1 Å². The zero-order valence-corrected chi connectivity index (χ0v) is 17.6. The van der Waals surface area contributed by atoms with Gasteiger partial charge in [-0.25, -0.2) is 0 Å². The first-order chi connectivity index (χ1) is 15.6. The summed E-state index contributed by atoms with van der Waals surface area (Å²) in [6, 6.07) is 19.1. The Hall–Kier alpha value is -3.98. The molecule has 32 heavy (non-hydrogen) atoms. The minimum Gasteiger partial charge on any atom is -0.467 e. The number of nitrogens with zero attached hydrogens (tertiary/aromatic N) is 3. The van der Waals surface area contributed by atoms with Crippen LogP contribution in [0.15, 0.2) is 88.0 Å². The standard InChI is InChI=1S/C23H18N4O4S/c28-27(29)16-8-6-15(7-9-16)19-10-11-20(31-19)22-21(18-5-1-2-12-24-18)25-23(32)26(22)14-17-4-3-13-30-17/h1-13,21-22H,14H2,(H,25,32)/t21-,22-/m0/s1. The van der Waals surface area contributed by atoms with Crippen LogP contribution in [0.3, 0.4) is 0 Å². The molecule has 2 atom stereocenters. The summed E-state index contributed by atoms with van der Waals surface area (Å²) < 4.78 is 11.8. The fourth-order valence-corrected chi connectivity index (χ4v) is 4.17. The molecule has 1 aliphatic heterocycles. The second kappa shape index (κ2) is 8.27. The molecule has 1 fully saturated rings. The number of nitro groups is 1. The molecule has 160 valence electrons. The second-order valence-corrected chi connectivity index (χ2v) is 7.73. The van der Waals surface area contributed by atoms with E-state index in [4.69, 9.17) is 21.1 Å². The number of nitro benzene ring substituents is 1. The van der Waals surface area contributed by atoms with Crippen molar-refractivity contribution in [3.05, 3.63) is 107 Å². The summed E-state index contributed by atoms with van der Waals surface area (Å²) in [4.78, 5) is 17.1. The minimum absolute atomic E-state index is 0.0331. The number of non-ortho nitro benzene ring substituents is 1. The zero-order chi connectivity index (χ0) is 22.1. The first-order valence-electron chi connectivity index (χ1n) is 9.95. The summed E-state index contributed by atoms with van der Waals surface area (Å²) in [5.74, 6) is 2.10. The van der Waals surface area contributed by atoms with Gasteiger partial charge >= 0.3 is 0 Å². The Balaban J connectivity index is 1.51. The van der Waals surface area contributed by atoms with Crippen LogP contribution in [0, 0.1) is 10.1 Å². The van der Waals surface area contributed by atoms with Crippen LogP contribution in [-0.2, 0) is 6.54 Å². The van der Waals surface area contributed by atoms with Crippen molar-refractivity contribution in [1.29, 1.82) is 0 Å². The third-order valence-electron chi connectivity index (χ3n) is 5.38. The maximum Gasteiger partial charge on any atom is 0.269 e. The number of furan rings is 2. The first-order valence-corrected chi connectivity index (χ1v) is 10.4. The van der Waals surface area contributed by atoms with Crippen molar-refractivity contribution in [1.82, 2.24) is 15.2 Å². The first kappa shape index (κ1) is 20.0. The van der Waals surface area contributed by atoms with E-state index in [1.54, 1.807) is 24.6 Å². The van der Waals surface area contributed by atoms with Crippen molar-refractivity contribution in [2.45, 2.75) is 18.6 Å². The Morgan fingerprint density at radius 1 is 1.09 bits per heavy atom. The molecular weight excluding hydrogens is 428 g/mol. The summed E-state index contributed by atoms with van der Waals surface area (Å²) in [6.45, 7) is 0.473. The van der Waals surface area contributed by atoms with Crippen molar-refractivity contribution in [2.75, 3.05) is 0 Å². The van der Waals surface area contributed by atoms with Gasteiger partial charge < -0.3 is 19.1 Å². The molecule has 0 radical (unpaired) electrons. The maximum atomic E-state index is 10.9. The molecule has 9 heteroatoms. The highest BCUT2D eigenvalue weighted by Crippen LogP contribution is 2.41. The molecule has 4 heterocycles. The third-order valence-corrected chi connectivity index (χ3v) is 5.74. The van der Waals surface area contributed by atoms with Gasteiger partial charge in [0.1, 0.15) is 23.3 Å². The number of hydrogen-bond acceptors (Lipinski definition) is 6. The van der Waals surface area contributed by atoms with Crippen molar-refractivity contribution in [3.8, 4) is 11.3 Å². The Bertz CT molecular complexity index is 1240. The van der Waals surface area contributed by atoms with E-state index in [0.29, 0.717) is 23.2 Å². The molecule has 0 aliphatic carbocycles.